The van der Waals surface area contributed by atoms with Gasteiger partial charge in [0.2, 0.25) is 0 Å². The van der Waals surface area contributed by atoms with Crippen molar-refractivity contribution in [2.24, 2.45) is 5.92 Å². The van der Waals surface area contributed by atoms with Crippen LogP contribution in [0.15, 0.2) is 22.8 Å². The van der Waals surface area contributed by atoms with Gasteiger partial charge in [-0.1, -0.05) is 19.3 Å². The molecule has 1 saturated carbocycles. The van der Waals surface area contributed by atoms with Crippen LogP contribution in [-0.2, 0) is 11.3 Å². The number of nitrogens with one attached hydrogen (secondary N) is 1. The Kier molecular flexibility index (Phi) is 6.57. The van der Waals surface area contributed by atoms with E-state index in [4.69, 9.17) is 9.15 Å². The standard InChI is InChI=1S/C16H27NO3/c1-13(14-6-3-2-4-7-14)17-10-15(18)11-19-12-16-8-5-9-20-16/h5,8-9,13-15,17-18H,2-4,6-7,10-12H2,1H3. The lowest BCUT2D eigenvalue weighted by Crippen LogP contribution is -2.40. The summed E-state index contributed by atoms with van der Waals surface area (Å²) in [5.41, 5.74) is 0. The molecular formula is C16H27NO3. The molecule has 4 nitrogen and oxygen atoms in total. The summed E-state index contributed by atoms with van der Waals surface area (Å²) in [5.74, 6) is 1.56. The van der Waals surface area contributed by atoms with E-state index in [0.29, 0.717) is 25.8 Å². The van der Waals surface area contributed by atoms with Crippen molar-refractivity contribution < 1.29 is 14.3 Å². The fourth-order valence-corrected chi connectivity index (χ4v) is 2.87. The summed E-state index contributed by atoms with van der Waals surface area (Å²) in [6.45, 7) is 3.58. The van der Waals surface area contributed by atoms with Crippen molar-refractivity contribution in [3.8, 4) is 0 Å². The molecule has 0 aromatic carbocycles. The van der Waals surface area contributed by atoms with Crippen LogP contribution in [0, 0.1) is 5.92 Å². The van der Waals surface area contributed by atoms with E-state index in [1.807, 2.05) is 12.1 Å². The van der Waals surface area contributed by atoms with Crippen LogP contribution in [-0.4, -0.2) is 30.4 Å². The van der Waals surface area contributed by atoms with Gasteiger partial charge in [-0.3, -0.25) is 0 Å². The molecule has 0 radical (unpaired) electrons. The lowest BCUT2D eigenvalue weighted by Gasteiger charge is -2.29. The Morgan fingerprint density at radius 3 is 2.90 bits per heavy atom. The van der Waals surface area contributed by atoms with Gasteiger partial charge in [-0.25, -0.2) is 0 Å². The number of furan rings is 1. The summed E-state index contributed by atoms with van der Waals surface area (Å²) < 4.78 is 10.6. The zero-order valence-electron chi connectivity index (χ0n) is 12.4. The van der Waals surface area contributed by atoms with Crippen molar-refractivity contribution >= 4 is 0 Å². The van der Waals surface area contributed by atoms with Crippen LogP contribution < -0.4 is 5.32 Å². The van der Waals surface area contributed by atoms with Gasteiger partial charge < -0.3 is 19.6 Å². The summed E-state index contributed by atoms with van der Waals surface area (Å²) in [7, 11) is 0. The summed E-state index contributed by atoms with van der Waals surface area (Å²) in [6, 6.07) is 4.19. The highest BCUT2D eigenvalue weighted by atomic mass is 16.5. The second-order valence-corrected chi connectivity index (χ2v) is 5.84. The molecule has 4 heteroatoms. The molecule has 1 aromatic rings. The predicted molar refractivity (Wildman–Crippen MR) is 78.4 cm³/mol. The van der Waals surface area contributed by atoms with Crippen LogP contribution in [0.2, 0.25) is 0 Å². The molecule has 0 spiro atoms. The van der Waals surface area contributed by atoms with Crippen LogP contribution in [0.3, 0.4) is 0 Å². The zero-order chi connectivity index (χ0) is 14.2. The van der Waals surface area contributed by atoms with Crippen molar-refractivity contribution in [3.05, 3.63) is 24.2 Å². The molecule has 0 aliphatic heterocycles. The molecule has 20 heavy (non-hydrogen) atoms. The normalized spacial score (nSPS) is 19.9. The monoisotopic (exact) mass is 281 g/mol. The summed E-state index contributed by atoms with van der Waals surface area (Å²) in [6.07, 6.45) is 7.89. The van der Waals surface area contributed by atoms with Gasteiger partial charge in [-0.15, -0.1) is 0 Å². The minimum Gasteiger partial charge on any atom is -0.467 e. The molecule has 2 rings (SSSR count). The highest BCUT2D eigenvalue weighted by molar-refractivity contribution is 4.96. The minimum atomic E-state index is -0.462. The summed E-state index contributed by atoms with van der Waals surface area (Å²) >= 11 is 0. The van der Waals surface area contributed by atoms with Gasteiger partial charge in [0.05, 0.1) is 19.0 Å². The average molecular weight is 281 g/mol. The molecule has 0 bridgehead atoms. The van der Waals surface area contributed by atoms with E-state index >= 15 is 0 Å². The highest BCUT2D eigenvalue weighted by Crippen LogP contribution is 2.26. The van der Waals surface area contributed by atoms with Gasteiger partial charge in [0.1, 0.15) is 12.4 Å². The second kappa shape index (κ2) is 8.45. The lowest BCUT2D eigenvalue weighted by atomic mass is 9.84. The Labute approximate surface area is 121 Å². The highest BCUT2D eigenvalue weighted by Gasteiger charge is 2.20. The summed E-state index contributed by atoms with van der Waals surface area (Å²) in [5, 5.41) is 13.3. The molecule has 1 aromatic heterocycles. The van der Waals surface area contributed by atoms with Gasteiger partial charge in [0.15, 0.2) is 0 Å². The van der Waals surface area contributed by atoms with Crippen molar-refractivity contribution in [1.29, 1.82) is 0 Å². The van der Waals surface area contributed by atoms with Crippen LogP contribution in [0.25, 0.3) is 0 Å². The molecule has 1 heterocycles. The fourth-order valence-electron chi connectivity index (χ4n) is 2.87. The largest absolute Gasteiger partial charge is 0.467 e. The molecule has 1 fully saturated rings. The Balaban J connectivity index is 1.55. The predicted octanol–water partition coefficient (Wildman–Crippen LogP) is 2.72. The number of ether oxygens (including phenoxy) is 1. The molecular weight excluding hydrogens is 254 g/mol. The molecule has 0 amide bonds. The molecule has 1 aliphatic carbocycles. The van der Waals surface area contributed by atoms with Gasteiger partial charge in [0, 0.05) is 12.6 Å². The first-order valence-corrected chi connectivity index (χ1v) is 7.77. The van der Waals surface area contributed by atoms with Crippen LogP contribution >= 0.6 is 0 Å². The lowest BCUT2D eigenvalue weighted by molar-refractivity contribution is 0.0206. The maximum absolute atomic E-state index is 9.91. The van der Waals surface area contributed by atoms with E-state index in [1.165, 1.54) is 32.1 Å². The maximum atomic E-state index is 9.91. The molecule has 2 unspecified atom stereocenters. The molecule has 1 aliphatic rings. The van der Waals surface area contributed by atoms with Crippen molar-refractivity contribution in [3.63, 3.8) is 0 Å². The average Bonchev–Trinajstić information content (AvgIpc) is 2.99. The van der Waals surface area contributed by atoms with Gasteiger partial charge in [-0.2, -0.15) is 0 Å². The molecule has 2 atom stereocenters. The van der Waals surface area contributed by atoms with Crippen LogP contribution in [0.5, 0.6) is 0 Å². The first-order chi connectivity index (χ1) is 9.75. The van der Waals surface area contributed by atoms with Gasteiger partial charge in [0.25, 0.3) is 0 Å². The van der Waals surface area contributed by atoms with E-state index in [1.54, 1.807) is 6.26 Å². The van der Waals surface area contributed by atoms with Crippen LogP contribution in [0.1, 0.15) is 44.8 Å². The topological polar surface area (TPSA) is 54.6 Å². The number of aliphatic hydroxyl groups is 1. The molecule has 0 saturated heterocycles. The van der Waals surface area contributed by atoms with E-state index < -0.39 is 6.10 Å². The Morgan fingerprint density at radius 2 is 2.20 bits per heavy atom. The number of hydrogen-bond donors (Lipinski definition) is 2. The van der Waals surface area contributed by atoms with Crippen molar-refractivity contribution in [1.82, 2.24) is 5.32 Å². The molecule has 2 N–H and O–H groups in total. The number of rotatable bonds is 8. The first-order valence-electron chi connectivity index (χ1n) is 7.77. The van der Waals surface area contributed by atoms with Crippen molar-refractivity contribution in [2.45, 2.75) is 57.8 Å². The second-order valence-electron chi connectivity index (χ2n) is 5.84. The quantitative estimate of drug-likeness (QED) is 0.769. The van der Waals surface area contributed by atoms with Gasteiger partial charge in [-0.05, 0) is 37.8 Å². The maximum Gasteiger partial charge on any atom is 0.129 e. The van der Waals surface area contributed by atoms with E-state index in [0.717, 1.165) is 11.7 Å². The Bertz CT molecular complexity index is 347. The van der Waals surface area contributed by atoms with Crippen LogP contribution in [0.4, 0.5) is 0 Å². The number of hydrogen-bond acceptors (Lipinski definition) is 4. The van der Waals surface area contributed by atoms with E-state index in [2.05, 4.69) is 12.2 Å². The minimum absolute atomic E-state index is 0.338. The van der Waals surface area contributed by atoms with Gasteiger partial charge >= 0.3 is 0 Å². The fraction of sp³-hybridized carbons (Fsp3) is 0.750. The van der Waals surface area contributed by atoms with E-state index in [9.17, 15) is 5.11 Å². The number of aliphatic hydroxyl groups excluding tert-OH is 1. The third-order valence-corrected chi connectivity index (χ3v) is 4.17. The third-order valence-electron chi connectivity index (χ3n) is 4.17. The first kappa shape index (κ1) is 15.5. The molecule has 114 valence electrons. The van der Waals surface area contributed by atoms with E-state index in [-0.39, 0.29) is 0 Å². The summed E-state index contributed by atoms with van der Waals surface area (Å²) in [4.78, 5) is 0. The Hall–Kier alpha value is -0.840. The third kappa shape index (κ3) is 5.27. The SMILES string of the molecule is CC(NCC(O)COCc1ccco1)C1CCCCC1. The van der Waals surface area contributed by atoms with Crippen molar-refractivity contribution in [2.75, 3.05) is 13.2 Å². The smallest absolute Gasteiger partial charge is 0.129 e. The zero-order valence-corrected chi connectivity index (χ0v) is 12.4. The Morgan fingerprint density at radius 1 is 1.40 bits per heavy atom.